The minimum Gasteiger partial charge on any atom is -0.309 e. The van der Waals surface area contributed by atoms with Crippen molar-refractivity contribution in [3.8, 4) is 0 Å². The van der Waals surface area contributed by atoms with Gasteiger partial charge in [-0.1, -0.05) is 36.4 Å². The maximum Gasteiger partial charge on any atom is 0.0346 e. The number of hydrogen-bond donors (Lipinski definition) is 1. The lowest BCUT2D eigenvalue weighted by atomic mass is 10.1. The molecule has 0 amide bonds. The van der Waals surface area contributed by atoms with Gasteiger partial charge in [-0.3, -0.25) is 4.98 Å². The second kappa shape index (κ2) is 4.90. The van der Waals surface area contributed by atoms with Crippen molar-refractivity contribution in [2.45, 2.75) is 13.5 Å². The smallest absolute Gasteiger partial charge is 0.0346 e. The van der Waals surface area contributed by atoms with Crippen LogP contribution in [0.1, 0.15) is 12.5 Å². The Balaban J connectivity index is 2.20. The Kier molecular flexibility index (Phi) is 3.32. The quantitative estimate of drug-likeness (QED) is 0.788. The molecular weight excluding hydrogens is 196 g/mol. The van der Waals surface area contributed by atoms with Gasteiger partial charge in [-0.15, -0.1) is 0 Å². The summed E-state index contributed by atoms with van der Waals surface area (Å²) in [6, 6.07) is 8.32. The first kappa shape index (κ1) is 10.8. The summed E-state index contributed by atoms with van der Waals surface area (Å²) in [5.74, 6) is 0. The van der Waals surface area contributed by atoms with Crippen LogP contribution in [-0.4, -0.2) is 11.5 Å². The highest BCUT2D eigenvalue weighted by atomic mass is 14.8. The number of pyridine rings is 1. The predicted octanol–water partition coefficient (Wildman–Crippen LogP) is 2.90. The van der Waals surface area contributed by atoms with Crippen molar-refractivity contribution in [2.75, 3.05) is 6.54 Å². The van der Waals surface area contributed by atoms with Crippen molar-refractivity contribution in [1.29, 1.82) is 0 Å². The highest BCUT2D eigenvalue weighted by Crippen LogP contribution is 2.16. The highest BCUT2D eigenvalue weighted by molar-refractivity contribution is 5.84. The van der Waals surface area contributed by atoms with E-state index in [1.165, 1.54) is 16.3 Å². The van der Waals surface area contributed by atoms with E-state index in [9.17, 15) is 0 Å². The summed E-state index contributed by atoms with van der Waals surface area (Å²) in [5, 5.41) is 5.82. The second-order valence-corrected chi connectivity index (χ2v) is 4.08. The molecule has 0 saturated carbocycles. The van der Waals surface area contributed by atoms with Crippen molar-refractivity contribution >= 4 is 10.8 Å². The van der Waals surface area contributed by atoms with E-state index >= 15 is 0 Å². The van der Waals surface area contributed by atoms with Crippen LogP contribution in [-0.2, 0) is 6.54 Å². The number of nitrogens with zero attached hydrogens (tertiary/aromatic N) is 1. The zero-order valence-electron chi connectivity index (χ0n) is 9.53. The Morgan fingerprint density at radius 2 is 2.12 bits per heavy atom. The van der Waals surface area contributed by atoms with Gasteiger partial charge in [-0.2, -0.15) is 0 Å². The van der Waals surface area contributed by atoms with E-state index in [-0.39, 0.29) is 0 Å². The van der Waals surface area contributed by atoms with Gasteiger partial charge in [0.15, 0.2) is 0 Å². The lowest BCUT2D eigenvalue weighted by Gasteiger charge is -2.07. The Morgan fingerprint density at radius 3 is 2.94 bits per heavy atom. The molecule has 0 unspecified atom stereocenters. The summed E-state index contributed by atoms with van der Waals surface area (Å²) in [7, 11) is 0. The Labute approximate surface area is 96.0 Å². The molecule has 1 aromatic heterocycles. The SMILES string of the molecule is C=C(C)CNCc1cncc2ccccc12. The minimum atomic E-state index is 0.835. The topological polar surface area (TPSA) is 24.9 Å². The maximum absolute atomic E-state index is 4.25. The van der Waals surface area contributed by atoms with Gasteiger partial charge in [0, 0.05) is 30.9 Å². The molecule has 0 aliphatic carbocycles. The summed E-state index contributed by atoms with van der Waals surface area (Å²) < 4.78 is 0. The molecule has 0 fully saturated rings. The van der Waals surface area contributed by atoms with E-state index < -0.39 is 0 Å². The first-order valence-corrected chi connectivity index (χ1v) is 5.44. The first-order valence-electron chi connectivity index (χ1n) is 5.44. The van der Waals surface area contributed by atoms with Crippen LogP contribution in [0.15, 0.2) is 48.8 Å². The molecule has 2 aromatic rings. The third-order valence-electron chi connectivity index (χ3n) is 2.49. The molecule has 0 atom stereocenters. The number of hydrogen-bond acceptors (Lipinski definition) is 2. The normalized spacial score (nSPS) is 10.6. The van der Waals surface area contributed by atoms with Crippen LogP contribution in [0.25, 0.3) is 10.8 Å². The van der Waals surface area contributed by atoms with Gasteiger partial charge in [-0.25, -0.2) is 0 Å². The van der Waals surface area contributed by atoms with Gasteiger partial charge in [0.25, 0.3) is 0 Å². The van der Waals surface area contributed by atoms with E-state index in [2.05, 4.69) is 35.1 Å². The number of rotatable bonds is 4. The molecule has 0 radical (unpaired) electrons. The van der Waals surface area contributed by atoms with Crippen LogP contribution < -0.4 is 5.32 Å². The zero-order chi connectivity index (χ0) is 11.4. The number of aromatic nitrogens is 1. The lowest BCUT2D eigenvalue weighted by Crippen LogP contribution is -2.15. The third-order valence-corrected chi connectivity index (χ3v) is 2.49. The van der Waals surface area contributed by atoms with Crippen molar-refractivity contribution < 1.29 is 0 Å². The van der Waals surface area contributed by atoms with Crippen molar-refractivity contribution in [3.05, 3.63) is 54.4 Å². The number of benzene rings is 1. The average Bonchev–Trinajstić information content (AvgIpc) is 2.29. The number of fused-ring (bicyclic) bond motifs is 1. The van der Waals surface area contributed by atoms with E-state index in [1.807, 2.05) is 25.4 Å². The van der Waals surface area contributed by atoms with Crippen LogP contribution in [0.3, 0.4) is 0 Å². The Bertz CT molecular complexity index is 498. The van der Waals surface area contributed by atoms with Crippen molar-refractivity contribution in [3.63, 3.8) is 0 Å². The second-order valence-electron chi connectivity index (χ2n) is 4.08. The largest absolute Gasteiger partial charge is 0.309 e. The standard InChI is InChI=1S/C14H16N2/c1-11(2)7-15-9-13-10-16-8-12-5-3-4-6-14(12)13/h3-6,8,10,15H,1,7,9H2,2H3. The molecule has 0 saturated heterocycles. The molecule has 0 aliphatic rings. The molecular formula is C14H16N2. The molecule has 2 rings (SSSR count). The van der Waals surface area contributed by atoms with Gasteiger partial charge >= 0.3 is 0 Å². The average molecular weight is 212 g/mol. The zero-order valence-corrected chi connectivity index (χ0v) is 9.53. The van der Waals surface area contributed by atoms with Gasteiger partial charge in [-0.05, 0) is 17.9 Å². The van der Waals surface area contributed by atoms with Gasteiger partial charge < -0.3 is 5.32 Å². The third kappa shape index (κ3) is 2.47. The summed E-state index contributed by atoms with van der Waals surface area (Å²) in [6.07, 6.45) is 3.82. The van der Waals surface area contributed by atoms with E-state index in [0.29, 0.717) is 0 Å². The monoisotopic (exact) mass is 212 g/mol. The summed E-state index contributed by atoms with van der Waals surface area (Å²) in [4.78, 5) is 4.25. The van der Waals surface area contributed by atoms with E-state index in [4.69, 9.17) is 0 Å². The van der Waals surface area contributed by atoms with E-state index in [1.54, 1.807) is 0 Å². The summed E-state index contributed by atoms with van der Waals surface area (Å²) >= 11 is 0. The predicted molar refractivity (Wildman–Crippen MR) is 68.3 cm³/mol. The molecule has 0 bridgehead atoms. The Morgan fingerprint density at radius 1 is 1.31 bits per heavy atom. The maximum atomic E-state index is 4.25. The first-order chi connectivity index (χ1) is 7.77. The molecule has 1 aromatic carbocycles. The summed E-state index contributed by atoms with van der Waals surface area (Å²) in [6.45, 7) is 7.58. The molecule has 1 heterocycles. The molecule has 0 aliphatic heterocycles. The fraction of sp³-hybridized carbons (Fsp3) is 0.214. The molecule has 2 nitrogen and oxygen atoms in total. The van der Waals surface area contributed by atoms with Gasteiger partial charge in [0.1, 0.15) is 0 Å². The fourth-order valence-electron chi connectivity index (χ4n) is 1.73. The van der Waals surface area contributed by atoms with E-state index in [0.717, 1.165) is 18.7 Å². The van der Waals surface area contributed by atoms with Gasteiger partial charge in [0.2, 0.25) is 0 Å². The van der Waals surface area contributed by atoms with Crippen molar-refractivity contribution in [2.24, 2.45) is 0 Å². The van der Waals surface area contributed by atoms with Crippen LogP contribution in [0.4, 0.5) is 0 Å². The van der Waals surface area contributed by atoms with Crippen LogP contribution in [0, 0.1) is 0 Å². The molecule has 1 N–H and O–H groups in total. The molecule has 0 spiro atoms. The van der Waals surface area contributed by atoms with Crippen molar-refractivity contribution in [1.82, 2.24) is 10.3 Å². The molecule has 2 heteroatoms. The highest BCUT2D eigenvalue weighted by Gasteiger charge is 1.99. The molecule has 16 heavy (non-hydrogen) atoms. The van der Waals surface area contributed by atoms with Gasteiger partial charge in [0.05, 0.1) is 0 Å². The fourth-order valence-corrected chi connectivity index (χ4v) is 1.73. The molecule has 82 valence electrons. The van der Waals surface area contributed by atoms with Crippen LogP contribution in [0.5, 0.6) is 0 Å². The number of nitrogens with one attached hydrogen (secondary N) is 1. The van der Waals surface area contributed by atoms with Crippen LogP contribution in [0.2, 0.25) is 0 Å². The van der Waals surface area contributed by atoms with Crippen LogP contribution >= 0.6 is 0 Å². The Hall–Kier alpha value is -1.67. The summed E-state index contributed by atoms with van der Waals surface area (Å²) in [5.41, 5.74) is 2.38. The minimum absolute atomic E-state index is 0.835. The lowest BCUT2D eigenvalue weighted by molar-refractivity contribution is 0.742.